The number of rotatable bonds is 8. The van der Waals surface area contributed by atoms with Crippen molar-refractivity contribution in [3.05, 3.63) is 45.9 Å². The Balaban J connectivity index is 1.59. The van der Waals surface area contributed by atoms with Crippen molar-refractivity contribution in [1.29, 1.82) is 0 Å². The molecule has 23 heavy (non-hydrogen) atoms. The SMILES string of the molecule is Cn1cnc(CCNC(=O)CCCOc2ccc(Br)cc2Cl)c1. The monoisotopic (exact) mass is 399 g/mol. The molecule has 0 spiro atoms. The third-order valence-corrected chi connectivity index (χ3v) is 3.95. The van der Waals surface area contributed by atoms with Crippen molar-refractivity contribution in [2.45, 2.75) is 19.3 Å². The van der Waals surface area contributed by atoms with Gasteiger partial charge in [0.15, 0.2) is 0 Å². The van der Waals surface area contributed by atoms with Crippen molar-refractivity contribution in [1.82, 2.24) is 14.9 Å². The normalized spacial score (nSPS) is 10.6. The Morgan fingerprint density at radius 3 is 3.00 bits per heavy atom. The minimum Gasteiger partial charge on any atom is -0.492 e. The number of amides is 1. The number of carbonyl (C=O) groups is 1. The smallest absolute Gasteiger partial charge is 0.220 e. The first-order valence-corrected chi connectivity index (χ1v) is 8.53. The zero-order valence-corrected chi connectivity index (χ0v) is 15.2. The highest BCUT2D eigenvalue weighted by Crippen LogP contribution is 2.27. The number of benzene rings is 1. The lowest BCUT2D eigenvalue weighted by Gasteiger charge is -2.08. The zero-order chi connectivity index (χ0) is 16.7. The molecule has 124 valence electrons. The van der Waals surface area contributed by atoms with Gasteiger partial charge in [-0.3, -0.25) is 4.79 Å². The van der Waals surface area contributed by atoms with Gasteiger partial charge in [-0.1, -0.05) is 27.5 Å². The molecule has 0 fully saturated rings. The van der Waals surface area contributed by atoms with Crippen molar-refractivity contribution in [3.8, 4) is 5.75 Å². The maximum absolute atomic E-state index is 11.7. The van der Waals surface area contributed by atoms with Gasteiger partial charge in [0.25, 0.3) is 0 Å². The van der Waals surface area contributed by atoms with E-state index in [0.29, 0.717) is 36.8 Å². The molecule has 2 rings (SSSR count). The molecule has 5 nitrogen and oxygen atoms in total. The Bertz CT molecular complexity index is 661. The van der Waals surface area contributed by atoms with E-state index in [2.05, 4.69) is 26.2 Å². The van der Waals surface area contributed by atoms with Gasteiger partial charge in [-0.25, -0.2) is 4.98 Å². The van der Waals surface area contributed by atoms with Crippen LogP contribution in [0.25, 0.3) is 0 Å². The molecule has 1 aromatic heterocycles. The fourth-order valence-corrected chi connectivity index (χ4v) is 2.75. The van der Waals surface area contributed by atoms with Crippen LogP contribution in [0.1, 0.15) is 18.5 Å². The zero-order valence-electron chi connectivity index (χ0n) is 12.9. The average molecular weight is 401 g/mol. The molecule has 0 aliphatic carbocycles. The van der Waals surface area contributed by atoms with Crippen LogP contribution in [0.5, 0.6) is 5.75 Å². The number of imidazole rings is 1. The quantitative estimate of drug-likeness (QED) is 0.691. The van der Waals surface area contributed by atoms with Crippen LogP contribution in [-0.4, -0.2) is 28.6 Å². The van der Waals surface area contributed by atoms with E-state index >= 15 is 0 Å². The number of carbonyl (C=O) groups excluding carboxylic acids is 1. The molecule has 0 saturated heterocycles. The minimum atomic E-state index is 0.0198. The van der Waals surface area contributed by atoms with Crippen molar-refractivity contribution < 1.29 is 9.53 Å². The summed E-state index contributed by atoms with van der Waals surface area (Å²) < 4.78 is 8.37. The van der Waals surface area contributed by atoms with E-state index in [1.165, 1.54) is 0 Å². The van der Waals surface area contributed by atoms with E-state index in [0.717, 1.165) is 16.6 Å². The predicted octanol–water partition coefficient (Wildman–Crippen LogP) is 3.35. The summed E-state index contributed by atoms with van der Waals surface area (Å²) in [6, 6.07) is 5.45. The first-order valence-electron chi connectivity index (χ1n) is 7.36. The number of aromatic nitrogens is 2. The summed E-state index contributed by atoms with van der Waals surface area (Å²) in [7, 11) is 1.92. The molecule has 1 aromatic carbocycles. The molecule has 2 aromatic rings. The molecule has 0 unspecified atom stereocenters. The molecule has 1 heterocycles. The molecular weight excluding hydrogens is 382 g/mol. The van der Waals surface area contributed by atoms with Gasteiger partial charge in [0.05, 0.1) is 23.7 Å². The molecule has 0 aliphatic heterocycles. The lowest BCUT2D eigenvalue weighted by atomic mass is 10.3. The second-order valence-electron chi connectivity index (χ2n) is 5.16. The molecule has 0 aliphatic rings. The fraction of sp³-hybridized carbons (Fsp3) is 0.375. The topological polar surface area (TPSA) is 56.2 Å². The van der Waals surface area contributed by atoms with Crippen LogP contribution in [0.4, 0.5) is 0 Å². The summed E-state index contributed by atoms with van der Waals surface area (Å²) >= 11 is 9.40. The van der Waals surface area contributed by atoms with E-state index in [9.17, 15) is 4.79 Å². The average Bonchev–Trinajstić information content (AvgIpc) is 2.91. The first-order chi connectivity index (χ1) is 11.0. The van der Waals surface area contributed by atoms with Crippen molar-refractivity contribution >= 4 is 33.4 Å². The minimum absolute atomic E-state index is 0.0198. The maximum Gasteiger partial charge on any atom is 0.220 e. The number of nitrogens with zero attached hydrogens (tertiary/aromatic N) is 2. The second-order valence-corrected chi connectivity index (χ2v) is 6.48. The van der Waals surface area contributed by atoms with Crippen LogP contribution in [0.15, 0.2) is 35.2 Å². The lowest BCUT2D eigenvalue weighted by Crippen LogP contribution is -2.25. The van der Waals surface area contributed by atoms with Crippen molar-refractivity contribution in [2.75, 3.05) is 13.2 Å². The fourth-order valence-electron chi connectivity index (χ4n) is 2.02. The van der Waals surface area contributed by atoms with Crippen LogP contribution >= 0.6 is 27.5 Å². The Hall–Kier alpha value is -1.53. The van der Waals surface area contributed by atoms with Crippen molar-refractivity contribution in [3.63, 3.8) is 0 Å². The molecule has 0 saturated carbocycles. The molecule has 0 bridgehead atoms. The third kappa shape index (κ3) is 6.23. The third-order valence-electron chi connectivity index (χ3n) is 3.16. The van der Waals surface area contributed by atoms with Gasteiger partial charge in [-0.05, 0) is 24.6 Å². The standard InChI is InChI=1S/C16H19BrClN3O2/c1-21-10-13(20-11-21)6-7-19-16(22)3-2-8-23-15-5-4-12(17)9-14(15)18/h4-5,9-11H,2-3,6-8H2,1H3,(H,19,22). The highest BCUT2D eigenvalue weighted by molar-refractivity contribution is 9.10. The van der Waals surface area contributed by atoms with Gasteiger partial charge in [0.1, 0.15) is 5.75 Å². The number of halogens is 2. The Labute approximate surface area is 149 Å². The Morgan fingerprint density at radius 2 is 2.30 bits per heavy atom. The number of aryl methyl sites for hydroxylation is 1. The summed E-state index contributed by atoms with van der Waals surface area (Å²) in [6.45, 7) is 1.05. The molecule has 1 N–H and O–H groups in total. The number of nitrogens with one attached hydrogen (secondary N) is 1. The van der Waals surface area contributed by atoms with Gasteiger partial charge in [0, 0.05) is 37.1 Å². The molecule has 0 atom stereocenters. The molecule has 1 amide bonds. The largest absolute Gasteiger partial charge is 0.492 e. The molecular formula is C16H19BrClN3O2. The summed E-state index contributed by atoms with van der Waals surface area (Å²) in [4.78, 5) is 15.9. The Kier molecular flexibility index (Phi) is 6.92. The summed E-state index contributed by atoms with van der Waals surface area (Å²) in [6.07, 6.45) is 5.50. The Morgan fingerprint density at radius 1 is 1.48 bits per heavy atom. The van der Waals surface area contributed by atoms with E-state index in [1.54, 1.807) is 18.5 Å². The molecule has 7 heteroatoms. The second kappa shape index (κ2) is 8.93. The van der Waals surface area contributed by atoms with E-state index in [-0.39, 0.29) is 5.91 Å². The van der Waals surface area contributed by atoms with Gasteiger partial charge < -0.3 is 14.6 Å². The van der Waals surface area contributed by atoms with Crippen LogP contribution < -0.4 is 10.1 Å². The van der Waals surface area contributed by atoms with E-state index in [4.69, 9.17) is 16.3 Å². The van der Waals surface area contributed by atoms with Gasteiger partial charge in [0.2, 0.25) is 5.91 Å². The van der Waals surface area contributed by atoms with Crippen LogP contribution in [-0.2, 0) is 18.3 Å². The van der Waals surface area contributed by atoms with Gasteiger partial charge in [-0.2, -0.15) is 0 Å². The van der Waals surface area contributed by atoms with E-state index in [1.807, 2.05) is 23.9 Å². The predicted molar refractivity (Wildman–Crippen MR) is 93.8 cm³/mol. The summed E-state index contributed by atoms with van der Waals surface area (Å²) in [5.74, 6) is 0.650. The van der Waals surface area contributed by atoms with Gasteiger partial charge >= 0.3 is 0 Å². The highest BCUT2D eigenvalue weighted by Gasteiger charge is 2.05. The highest BCUT2D eigenvalue weighted by atomic mass is 79.9. The number of ether oxygens (including phenoxy) is 1. The lowest BCUT2D eigenvalue weighted by molar-refractivity contribution is -0.121. The van der Waals surface area contributed by atoms with Crippen molar-refractivity contribution in [2.24, 2.45) is 7.05 Å². The van der Waals surface area contributed by atoms with Gasteiger partial charge in [-0.15, -0.1) is 0 Å². The number of hydrogen-bond acceptors (Lipinski definition) is 3. The summed E-state index contributed by atoms with van der Waals surface area (Å²) in [5.41, 5.74) is 0.973. The first kappa shape index (κ1) is 17.8. The molecule has 0 radical (unpaired) electrons. The summed E-state index contributed by atoms with van der Waals surface area (Å²) in [5, 5.41) is 3.44. The van der Waals surface area contributed by atoms with Crippen LogP contribution in [0.3, 0.4) is 0 Å². The number of hydrogen-bond donors (Lipinski definition) is 1. The van der Waals surface area contributed by atoms with E-state index < -0.39 is 0 Å². The van der Waals surface area contributed by atoms with Crippen LogP contribution in [0.2, 0.25) is 5.02 Å². The maximum atomic E-state index is 11.7. The van der Waals surface area contributed by atoms with Crippen LogP contribution in [0, 0.1) is 0 Å².